The van der Waals surface area contributed by atoms with Crippen LogP contribution < -0.4 is 10.6 Å². The predicted octanol–water partition coefficient (Wildman–Crippen LogP) is 4.36. The lowest BCUT2D eigenvalue weighted by molar-refractivity contribution is -0.122. The Morgan fingerprint density at radius 1 is 1.16 bits per heavy atom. The average molecular weight is 450 g/mol. The molecule has 1 aliphatic carbocycles. The highest BCUT2D eigenvalue weighted by atomic mass is 32.1. The van der Waals surface area contributed by atoms with Crippen molar-refractivity contribution in [1.82, 2.24) is 20.1 Å². The molecule has 1 fully saturated rings. The molecule has 0 aliphatic heterocycles. The number of benzene rings is 2. The zero-order valence-electron chi connectivity index (χ0n) is 18.1. The summed E-state index contributed by atoms with van der Waals surface area (Å²) in [6.45, 7) is 2.44. The Hall–Kier alpha value is -3.26. The van der Waals surface area contributed by atoms with Crippen LogP contribution in [0, 0.1) is 17.6 Å². The van der Waals surface area contributed by atoms with Gasteiger partial charge in [0.2, 0.25) is 11.8 Å². The van der Waals surface area contributed by atoms with Crippen LogP contribution in [0.25, 0.3) is 11.4 Å². The van der Waals surface area contributed by atoms with Gasteiger partial charge in [-0.15, -0.1) is 0 Å². The van der Waals surface area contributed by atoms with E-state index in [0.717, 1.165) is 48.1 Å². The monoisotopic (exact) mass is 449 g/mol. The standard InChI is InChI=1S/C24H27N5O2S/c1-16-9-11-18(12-10-16)22-27-28-24(32)29(22)15-21(30)25-14-17-5-4-8-20(13-17)26-23(31)19-6-2-3-7-19/h4-5,8-13,19H,2-3,6-7,14-15H2,1H3,(H,25,30)(H,26,31)(H,28,32). The number of amides is 2. The molecule has 3 N–H and O–H groups in total. The Kier molecular flexibility index (Phi) is 6.80. The van der Waals surface area contributed by atoms with Crippen LogP contribution in [0.2, 0.25) is 0 Å². The molecule has 1 aliphatic rings. The quantitative estimate of drug-likeness (QED) is 0.467. The first-order chi connectivity index (χ1) is 15.5. The second-order valence-electron chi connectivity index (χ2n) is 8.25. The first-order valence-electron chi connectivity index (χ1n) is 10.9. The molecule has 0 saturated heterocycles. The average Bonchev–Trinajstić information content (AvgIpc) is 3.44. The van der Waals surface area contributed by atoms with Crippen LogP contribution in [-0.2, 0) is 22.7 Å². The second kappa shape index (κ2) is 9.91. The third kappa shape index (κ3) is 5.31. The van der Waals surface area contributed by atoms with Crippen LogP contribution in [0.15, 0.2) is 48.5 Å². The van der Waals surface area contributed by atoms with Gasteiger partial charge >= 0.3 is 0 Å². The Morgan fingerprint density at radius 3 is 2.66 bits per heavy atom. The summed E-state index contributed by atoms with van der Waals surface area (Å²) in [5, 5.41) is 13.0. The van der Waals surface area contributed by atoms with E-state index in [1.165, 1.54) is 0 Å². The molecule has 2 amide bonds. The van der Waals surface area contributed by atoms with Gasteiger partial charge in [-0.05, 0) is 49.7 Å². The van der Waals surface area contributed by atoms with Gasteiger partial charge in [0.1, 0.15) is 6.54 Å². The van der Waals surface area contributed by atoms with Crippen molar-refractivity contribution in [2.75, 3.05) is 5.32 Å². The van der Waals surface area contributed by atoms with Crippen LogP contribution in [0.4, 0.5) is 5.69 Å². The number of nitrogens with zero attached hydrogens (tertiary/aromatic N) is 2. The normalized spacial score (nSPS) is 13.8. The van der Waals surface area contributed by atoms with Crippen LogP contribution in [0.3, 0.4) is 0 Å². The molecule has 0 atom stereocenters. The van der Waals surface area contributed by atoms with Gasteiger partial charge in [-0.3, -0.25) is 19.3 Å². The number of nitrogens with one attached hydrogen (secondary N) is 3. The number of aromatic amines is 1. The van der Waals surface area contributed by atoms with Gasteiger partial charge < -0.3 is 10.6 Å². The highest BCUT2D eigenvalue weighted by Gasteiger charge is 2.22. The summed E-state index contributed by atoms with van der Waals surface area (Å²) in [4.78, 5) is 25.0. The highest BCUT2D eigenvalue weighted by Crippen LogP contribution is 2.26. The van der Waals surface area contributed by atoms with Crippen molar-refractivity contribution in [1.29, 1.82) is 0 Å². The summed E-state index contributed by atoms with van der Waals surface area (Å²) in [6, 6.07) is 15.5. The summed E-state index contributed by atoms with van der Waals surface area (Å²) in [7, 11) is 0. The number of carbonyl (C=O) groups is 2. The lowest BCUT2D eigenvalue weighted by Gasteiger charge is -2.12. The predicted molar refractivity (Wildman–Crippen MR) is 126 cm³/mol. The molecule has 7 nitrogen and oxygen atoms in total. The van der Waals surface area contributed by atoms with Gasteiger partial charge in [-0.25, -0.2) is 0 Å². The summed E-state index contributed by atoms with van der Waals surface area (Å²) < 4.78 is 2.08. The number of aryl methyl sites for hydroxylation is 1. The van der Waals surface area contributed by atoms with Crippen LogP contribution in [-0.4, -0.2) is 26.6 Å². The van der Waals surface area contributed by atoms with Gasteiger partial charge in [-0.2, -0.15) is 5.10 Å². The van der Waals surface area contributed by atoms with Gasteiger partial charge in [0.05, 0.1) is 0 Å². The maximum atomic E-state index is 12.6. The van der Waals surface area contributed by atoms with E-state index in [1.807, 2.05) is 55.5 Å². The van der Waals surface area contributed by atoms with E-state index in [4.69, 9.17) is 12.2 Å². The summed E-state index contributed by atoms with van der Waals surface area (Å²) in [6.07, 6.45) is 4.16. The Balaban J connectivity index is 1.37. The number of hydrogen-bond donors (Lipinski definition) is 3. The lowest BCUT2D eigenvalue weighted by Crippen LogP contribution is -2.27. The largest absolute Gasteiger partial charge is 0.350 e. The SMILES string of the molecule is Cc1ccc(-c2n[nH]c(=S)n2CC(=O)NCc2cccc(NC(=O)C3CCCC3)c2)cc1. The zero-order valence-corrected chi connectivity index (χ0v) is 18.9. The zero-order chi connectivity index (χ0) is 22.5. The molecule has 0 unspecified atom stereocenters. The van der Waals surface area contributed by atoms with Crippen molar-refractivity contribution in [3.8, 4) is 11.4 Å². The first-order valence-corrected chi connectivity index (χ1v) is 11.3. The van der Waals surface area contributed by atoms with Crippen LogP contribution in [0.1, 0.15) is 36.8 Å². The van der Waals surface area contributed by atoms with Gasteiger partial charge in [0.15, 0.2) is 10.6 Å². The fraction of sp³-hybridized carbons (Fsp3) is 0.333. The smallest absolute Gasteiger partial charge is 0.240 e. The number of aromatic nitrogens is 3. The minimum Gasteiger partial charge on any atom is -0.350 e. The third-order valence-electron chi connectivity index (χ3n) is 5.78. The van der Waals surface area contributed by atoms with E-state index in [-0.39, 0.29) is 24.3 Å². The van der Waals surface area contributed by atoms with E-state index in [2.05, 4.69) is 20.8 Å². The second-order valence-corrected chi connectivity index (χ2v) is 8.64. The maximum absolute atomic E-state index is 12.6. The summed E-state index contributed by atoms with van der Waals surface area (Å²) in [5.74, 6) is 0.653. The van der Waals surface area contributed by atoms with Gasteiger partial charge in [0.25, 0.3) is 0 Å². The molecule has 2 aromatic carbocycles. The molecule has 1 aromatic heterocycles. The van der Waals surface area contributed by atoms with Gasteiger partial charge in [0, 0.05) is 23.7 Å². The molecule has 166 valence electrons. The van der Waals surface area contributed by atoms with E-state index < -0.39 is 0 Å². The number of anilines is 1. The van der Waals surface area contributed by atoms with Crippen molar-refractivity contribution in [3.05, 3.63) is 64.4 Å². The third-order valence-corrected chi connectivity index (χ3v) is 6.09. The number of carbonyl (C=O) groups excluding carboxylic acids is 2. The molecule has 0 spiro atoms. The molecular weight excluding hydrogens is 422 g/mol. The van der Waals surface area contributed by atoms with E-state index in [9.17, 15) is 9.59 Å². The number of hydrogen-bond acceptors (Lipinski definition) is 4. The highest BCUT2D eigenvalue weighted by molar-refractivity contribution is 7.71. The minimum absolute atomic E-state index is 0.0661. The van der Waals surface area contributed by atoms with E-state index >= 15 is 0 Å². The molecule has 32 heavy (non-hydrogen) atoms. The van der Waals surface area contributed by atoms with Crippen LogP contribution >= 0.6 is 12.2 Å². The number of H-pyrrole nitrogens is 1. The minimum atomic E-state index is -0.170. The van der Waals surface area contributed by atoms with Gasteiger partial charge in [-0.1, -0.05) is 54.8 Å². The fourth-order valence-electron chi connectivity index (χ4n) is 3.98. The molecule has 1 heterocycles. The van der Waals surface area contributed by atoms with E-state index in [0.29, 0.717) is 17.1 Å². The van der Waals surface area contributed by atoms with Crippen molar-refractivity contribution >= 4 is 29.7 Å². The topological polar surface area (TPSA) is 91.8 Å². The Morgan fingerprint density at radius 2 is 1.91 bits per heavy atom. The van der Waals surface area contributed by atoms with E-state index in [1.54, 1.807) is 4.57 Å². The molecular formula is C24H27N5O2S. The molecule has 3 aromatic rings. The van der Waals surface area contributed by atoms with Crippen molar-refractivity contribution in [2.45, 2.75) is 45.7 Å². The first kappa shape index (κ1) is 22.0. The summed E-state index contributed by atoms with van der Waals surface area (Å²) >= 11 is 5.32. The van der Waals surface area contributed by atoms with Crippen molar-refractivity contribution in [3.63, 3.8) is 0 Å². The molecule has 4 rings (SSSR count). The number of rotatable bonds is 7. The molecule has 1 saturated carbocycles. The Labute approximate surface area is 192 Å². The fourth-order valence-corrected chi connectivity index (χ4v) is 4.18. The van der Waals surface area contributed by atoms with Crippen LogP contribution in [0.5, 0.6) is 0 Å². The molecule has 0 radical (unpaired) electrons. The Bertz CT molecular complexity index is 1160. The maximum Gasteiger partial charge on any atom is 0.240 e. The summed E-state index contributed by atoms with van der Waals surface area (Å²) in [5.41, 5.74) is 3.71. The van der Waals surface area contributed by atoms with Crippen molar-refractivity contribution in [2.24, 2.45) is 5.92 Å². The van der Waals surface area contributed by atoms with Crippen molar-refractivity contribution < 1.29 is 9.59 Å². The molecule has 0 bridgehead atoms. The molecule has 8 heteroatoms. The lowest BCUT2D eigenvalue weighted by atomic mass is 10.1.